The van der Waals surface area contributed by atoms with Crippen LogP contribution in [0.5, 0.6) is 0 Å². The number of carbonyl (C=O) groups is 2. The van der Waals surface area contributed by atoms with Gasteiger partial charge in [-0.25, -0.2) is 0 Å². The maximum absolute atomic E-state index is 13.0. The van der Waals surface area contributed by atoms with Crippen LogP contribution in [-0.2, 0) is 16.6 Å². The maximum atomic E-state index is 13.0. The Balaban J connectivity index is 1.72. The molecule has 6 nitrogen and oxygen atoms in total. The van der Waals surface area contributed by atoms with Crippen molar-refractivity contribution in [2.75, 3.05) is 13.7 Å². The number of aromatic nitrogens is 2. The van der Waals surface area contributed by atoms with Gasteiger partial charge in [-0.1, -0.05) is 30.3 Å². The SMILES string of the molecule is CO[C@@H](C(=O)N1CCC[C@H]1CC(=O)c1cnn(C)c1)c1ccccc1. The van der Waals surface area contributed by atoms with Gasteiger partial charge in [-0.05, 0) is 18.4 Å². The highest BCUT2D eigenvalue weighted by Crippen LogP contribution is 2.27. The number of hydrogen-bond donors (Lipinski definition) is 0. The molecule has 25 heavy (non-hydrogen) atoms. The Morgan fingerprint density at radius 1 is 1.32 bits per heavy atom. The summed E-state index contributed by atoms with van der Waals surface area (Å²) in [6, 6.07) is 9.38. The Labute approximate surface area is 147 Å². The number of hydrogen-bond acceptors (Lipinski definition) is 4. The standard InChI is InChI=1S/C19H23N3O3/c1-21-13-15(12-20-21)17(23)11-16-9-6-10-22(16)19(24)18(25-2)14-7-4-3-5-8-14/h3-5,7-8,12-13,16,18H,6,9-11H2,1-2H3/t16-,18+/m0/s1. The molecule has 1 aromatic heterocycles. The molecule has 0 radical (unpaired) electrons. The number of Topliss-reactive ketones (excluding diaryl/α,β-unsaturated/α-hetero) is 1. The van der Waals surface area contributed by atoms with Gasteiger partial charge in [0.2, 0.25) is 0 Å². The van der Waals surface area contributed by atoms with Crippen LogP contribution >= 0.6 is 0 Å². The lowest BCUT2D eigenvalue weighted by molar-refractivity contribution is -0.143. The molecule has 0 saturated carbocycles. The number of methoxy groups -OCH3 is 1. The zero-order chi connectivity index (χ0) is 17.8. The van der Waals surface area contributed by atoms with E-state index in [4.69, 9.17) is 4.74 Å². The minimum Gasteiger partial charge on any atom is -0.367 e. The molecule has 0 aliphatic carbocycles. The van der Waals surface area contributed by atoms with Crippen molar-refractivity contribution in [2.45, 2.75) is 31.4 Å². The van der Waals surface area contributed by atoms with Gasteiger partial charge in [-0.15, -0.1) is 0 Å². The van der Waals surface area contributed by atoms with Crippen LogP contribution in [0.4, 0.5) is 0 Å². The van der Waals surface area contributed by atoms with Gasteiger partial charge in [0, 0.05) is 39.4 Å². The van der Waals surface area contributed by atoms with Gasteiger partial charge in [0.25, 0.3) is 5.91 Å². The number of benzene rings is 1. The van der Waals surface area contributed by atoms with E-state index in [1.807, 2.05) is 30.3 Å². The fourth-order valence-corrected chi connectivity index (χ4v) is 3.39. The first-order chi connectivity index (χ1) is 12.1. The van der Waals surface area contributed by atoms with Crippen LogP contribution in [0.2, 0.25) is 0 Å². The fourth-order valence-electron chi connectivity index (χ4n) is 3.39. The Hall–Kier alpha value is -2.47. The van der Waals surface area contributed by atoms with Crippen LogP contribution in [0.15, 0.2) is 42.7 Å². The van der Waals surface area contributed by atoms with Gasteiger partial charge in [0.15, 0.2) is 11.9 Å². The summed E-state index contributed by atoms with van der Waals surface area (Å²) in [4.78, 5) is 27.3. The van der Waals surface area contributed by atoms with Crippen molar-refractivity contribution in [3.05, 3.63) is 53.9 Å². The number of amides is 1. The molecule has 1 aromatic carbocycles. The van der Waals surface area contributed by atoms with Gasteiger partial charge in [0.05, 0.1) is 11.8 Å². The zero-order valence-electron chi connectivity index (χ0n) is 14.6. The smallest absolute Gasteiger partial charge is 0.256 e. The quantitative estimate of drug-likeness (QED) is 0.757. The molecule has 6 heteroatoms. The molecule has 0 bridgehead atoms. The lowest BCUT2D eigenvalue weighted by atomic mass is 10.0. The number of ketones is 1. The molecule has 1 aliphatic rings. The van der Waals surface area contributed by atoms with Crippen LogP contribution in [0.1, 0.15) is 41.3 Å². The van der Waals surface area contributed by atoms with Crippen molar-refractivity contribution in [3.63, 3.8) is 0 Å². The summed E-state index contributed by atoms with van der Waals surface area (Å²) in [5.74, 6) is -0.0540. The Morgan fingerprint density at radius 2 is 2.08 bits per heavy atom. The molecule has 1 aliphatic heterocycles. The summed E-state index contributed by atoms with van der Waals surface area (Å²) < 4.78 is 7.07. The van der Waals surface area contributed by atoms with Crippen LogP contribution in [-0.4, -0.2) is 46.1 Å². The predicted molar refractivity (Wildman–Crippen MR) is 93.1 cm³/mol. The third-order valence-corrected chi connectivity index (χ3v) is 4.67. The Morgan fingerprint density at radius 3 is 2.72 bits per heavy atom. The Bertz CT molecular complexity index is 741. The summed E-state index contributed by atoms with van der Waals surface area (Å²) in [5, 5.41) is 4.04. The molecule has 1 saturated heterocycles. The van der Waals surface area contributed by atoms with Crippen molar-refractivity contribution in [1.82, 2.24) is 14.7 Å². The van der Waals surface area contributed by atoms with E-state index in [1.165, 1.54) is 0 Å². The summed E-state index contributed by atoms with van der Waals surface area (Å²) in [7, 11) is 3.33. The van der Waals surface area contributed by atoms with Gasteiger partial charge >= 0.3 is 0 Å². The molecule has 0 spiro atoms. The van der Waals surface area contributed by atoms with Crippen LogP contribution < -0.4 is 0 Å². The van der Waals surface area contributed by atoms with E-state index in [0.717, 1.165) is 18.4 Å². The highest BCUT2D eigenvalue weighted by atomic mass is 16.5. The summed E-state index contributed by atoms with van der Waals surface area (Å²) in [5.41, 5.74) is 1.42. The molecule has 2 aromatic rings. The summed E-state index contributed by atoms with van der Waals surface area (Å²) in [6.45, 7) is 0.663. The number of carbonyl (C=O) groups excluding carboxylic acids is 2. The second-order valence-electron chi connectivity index (χ2n) is 6.38. The minimum atomic E-state index is -0.629. The summed E-state index contributed by atoms with van der Waals surface area (Å²) >= 11 is 0. The molecule has 1 amide bonds. The van der Waals surface area contributed by atoms with E-state index in [0.29, 0.717) is 18.5 Å². The van der Waals surface area contributed by atoms with Crippen molar-refractivity contribution >= 4 is 11.7 Å². The van der Waals surface area contributed by atoms with E-state index >= 15 is 0 Å². The first-order valence-corrected chi connectivity index (χ1v) is 8.50. The van der Waals surface area contributed by atoms with E-state index in [2.05, 4.69) is 5.10 Å². The zero-order valence-corrected chi connectivity index (χ0v) is 14.6. The monoisotopic (exact) mass is 341 g/mol. The lowest BCUT2D eigenvalue weighted by Crippen LogP contribution is -2.40. The first-order valence-electron chi connectivity index (χ1n) is 8.50. The van der Waals surface area contributed by atoms with Gasteiger partial charge in [-0.3, -0.25) is 14.3 Å². The molecule has 1 fully saturated rings. The second kappa shape index (κ2) is 7.61. The van der Waals surface area contributed by atoms with Crippen molar-refractivity contribution in [2.24, 2.45) is 7.05 Å². The Kier molecular flexibility index (Phi) is 5.28. The summed E-state index contributed by atoms with van der Waals surface area (Å²) in [6.07, 6.45) is 4.72. The molecule has 0 unspecified atom stereocenters. The highest BCUT2D eigenvalue weighted by Gasteiger charge is 2.35. The van der Waals surface area contributed by atoms with E-state index in [1.54, 1.807) is 36.1 Å². The third kappa shape index (κ3) is 3.79. The number of aryl methyl sites for hydroxylation is 1. The molecular weight excluding hydrogens is 318 g/mol. The van der Waals surface area contributed by atoms with Gasteiger partial charge in [0.1, 0.15) is 0 Å². The van der Waals surface area contributed by atoms with Crippen LogP contribution in [0.25, 0.3) is 0 Å². The van der Waals surface area contributed by atoms with E-state index < -0.39 is 6.10 Å². The number of likely N-dealkylation sites (tertiary alicyclic amines) is 1. The first kappa shape index (κ1) is 17.4. The fraction of sp³-hybridized carbons (Fsp3) is 0.421. The molecule has 3 rings (SSSR count). The maximum Gasteiger partial charge on any atom is 0.256 e. The normalized spacial score (nSPS) is 18.3. The van der Waals surface area contributed by atoms with E-state index in [-0.39, 0.29) is 17.7 Å². The molecule has 2 heterocycles. The average Bonchev–Trinajstić information content (AvgIpc) is 3.25. The van der Waals surface area contributed by atoms with Crippen LogP contribution in [0.3, 0.4) is 0 Å². The van der Waals surface area contributed by atoms with Gasteiger partial charge < -0.3 is 9.64 Å². The van der Waals surface area contributed by atoms with Crippen molar-refractivity contribution < 1.29 is 14.3 Å². The minimum absolute atomic E-state index is 0.0199. The molecular formula is C19H23N3O3. The second-order valence-corrected chi connectivity index (χ2v) is 6.38. The number of rotatable bonds is 6. The molecule has 132 valence electrons. The number of nitrogens with zero attached hydrogens (tertiary/aromatic N) is 3. The predicted octanol–water partition coefficient (Wildman–Crippen LogP) is 2.37. The molecule has 0 N–H and O–H groups in total. The highest BCUT2D eigenvalue weighted by molar-refractivity contribution is 5.96. The topological polar surface area (TPSA) is 64.4 Å². The van der Waals surface area contributed by atoms with Crippen molar-refractivity contribution in [1.29, 1.82) is 0 Å². The number of ether oxygens (including phenoxy) is 1. The van der Waals surface area contributed by atoms with Gasteiger partial charge in [-0.2, -0.15) is 5.10 Å². The largest absolute Gasteiger partial charge is 0.367 e. The lowest BCUT2D eigenvalue weighted by Gasteiger charge is -2.28. The van der Waals surface area contributed by atoms with Crippen LogP contribution in [0, 0.1) is 0 Å². The third-order valence-electron chi connectivity index (χ3n) is 4.67. The van der Waals surface area contributed by atoms with E-state index in [9.17, 15) is 9.59 Å². The molecule has 2 atom stereocenters. The average molecular weight is 341 g/mol. The van der Waals surface area contributed by atoms with Crippen molar-refractivity contribution in [3.8, 4) is 0 Å².